The Morgan fingerprint density at radius 1 is 1.48 bits per heavy atom. The molecule has 2 atom stereocenters. The Hall–Kier alpha value is -0.660. The van der Waals surface area contributed by atoms with Gasteiger partial charge in [-0.3, -0.25) is 9.69 Å². The second-order valence-corrected chi connectivity index (χ2v) is 8.76. The molecule has 0 aliphatic carbocycles. The lowest BCUT2D eigenvalue weighted by Gasteiger charge is -2.28. The van der Waals surface area contributed by atoms with Crippen molar-refractivity contribution in [3.8, 4) is 0 Å². The zero-order valence-corrected chi connectivity index (χ0v) is 13.8. The van der Waals surface area contributed by atoms with Crippen LogP contribution in [-0.2, 0) is 14.6 Å². The third-order valence-electron chi connectivity index (χ3n) is 4.40. The number of nitrogens with one attached hydrogen (secondary N) is 2. The molecule has 21 heavy (non-hydrogen) atoms. The van der Waals surface area contributed by atoms with E-state index in [1.807, 2.05) is 13.8 Å². The number of rotatable bonds is 6. The number of nitrogens with zero attached hydrogens (tertiary/aromatic N) is 1. The van der Waals surface area contributed by atoms with E-state index in [0.717, 1.165) is 26.1 Å². The molecule has 0 radical (unpaired) electrons. The molecule has 0 saturated carbocycles. The first kappa shape index (κ1) is 16.7. The van der Waals surface area contributed by atoms with Gasteiger partial charge < -0.3 is 10.6 Å². The molecule has 6 nitrogen and oxygen atoms in total. The van der Waals surface area contributed by atoms with Gasteiger partial charge >= 0.3 is 0 Å². The molecule has 1 amide bonds. The van der Waals surface area contributed by atoms with Crippen LogP contribution in [0.5, 0.6) is 0 Å². The monoisotopic (exact) mass is 317 g/mol. The molecule has 0 spiro atoms. The Kier molecular flexibility index (Phi) is 5.27. The van der Waals surface area contributed by atoms with Gasteiger partial charge in [-0.15, -0.1) is 0 Å². The Balaban J connectivity index is 1.82. The molecule has 122 valence electrons. The highest BCUT2D eigenvalue weighted by atomic mass is 32.2. The number of hydrogen-bond donors (Lipinski definition) is 2. The topological polar surface area (TPSA) is 78.5 Å². The largest absolute Gasteiger partial charge is 0.349 e. The van der Waals surface area contributed by atoms with Gasteiger partial charge in [0.05, 0.1) is 23.6 Å². The molecule has 0 aromatic rings. The van der Waals surface area contributed by atoms with E-state index in [0.29, 0.717) is 19.0 Å². The molecule has 2 aliphatic rings. The first-order valence-corrected chi connectivity index (χ1v) is 9.61. The SMILES string of the molecule is CCN(CC(=O)NC1(C)CCS(=O)(=O)C1)CC1CCCN1. The summed E-state index contributed by atoms with van der Waals surface area (Å²) in [7, 11) is -2.99. The summed E-state index contributed by atoms with van der Waals surface area (Å²) in [5.41, 5.74) is -0.596. The minimum Gasteiger partial charge on any atom is -0.349 e. The third kappa shape index (κ3) is 4.93. The molecular weight excluding hydrogens is 290 g/mol. The smallest absolute Gasteiger partial charge is 0.234 e. The zero-order valence-electron chi connectivity index (χ0n) is 13.0. The van der Waals surface area contributed by atoms with Crippen molar-refractivity contribution in [2.75, 3.05) is 37.7 Å². The number of sulfone groups is 1. The summed E-state index contributed by atoms with van der Waals surface area (Å²) in [6, 6.07) is 0.472. The summed E-state index contributed by atoms with van der Waals surface area (Å²) >= 11 is 0. The van der Waals surface area contributed by atoms with Gasteiger partial charge in [0.25, 0.3) is 0 Å². The van der Waals surface area contributed by atoms with Crippen LogP contribution in [0, 0.1) is 0 Å². The molecule has 0 bridgehead atoms. The van der Waals surface area contributed by atoms with Crippen LogP contribution < -0.4 is 10.6 Å². The quantitative estimate of drug-likeness (QED) is 0.706. The predicted molar refractivity (Wildman–Crippen MR) is 83.0 cm³/mol. The Morgan fingerprint density at radius 2 is 2.24 bits per heavy atom. The minimum absolute atomic E-state index is 0.0576. The van der Waals surface area contributed by atoms with E-state index < -0.39 is 15.4 Å². The maximum Gasteiger partial charge on any atom is 0.234 e. The molecular formula is C14H27N3O3S. The van der Waals surface area contributed by atoms with Crippen molar-refractivity contribution in [1.29, 1.82) is 0 Å². The summed E-state index contributed by atoms with van der Waals surface area (Å²) < 4.78 is 23.1. The first-order valence-electron chi connectivity index (χ1n) is 7.79. The van der Waals surface area contributed by atoms with Gasteiger partial charge in [-0.2, -0.15) is 0 Å². The molecule has 0 aromatic heterocycles. The highest BCUT2D eigenvalue weighted by Gasteiger charge is 2.39. The van der Waals surface area contributed by atoms with Crippen molar-refractivity contribution in [2.24, 2.45) is 0 Å². The van der Waals surface area contributed by atoms with Crippen LogP contribution >= 0.6 is 0 Å². The molecule has 7 heteroatoms. The summed E-state index contributed by atoms with van der Waals surface area (Å²) in [4.78, 5) is 14.3. The van der Waals surface area contributed by atoms with E-state index in [4.69, 9.17) is 0 Å². The maximum absolute atomic E-state index is 12.2. The fourth-order valence-corrected chi connectivity index (χ4v) is 5.31. The molecule has 2 aliphatic heterocycles. The van der Waals surface area contributed by atoms with Crippen molar-refractivity contribution in [3.63, 3.8) is 0 Å². The van der Waals surface area contributed by atoms with Crippen molar-refractivity contribution in [3.05, 3.63) is 0 Å². The second kappa shape index (κ2) is 6.62. The van der Waals surface area contributed by atoms with E-state index >= 15 is 0 Å². The van der Waals surface area contributed by atoms with Crippen molar-refractivity contribution in [2.45, 2.75) is 44.7 Å². The summed E-state index contributed by atoms with van der Waals surface area (Å²) in [5.74, 6) is 0.157. The molecule has 2 N–H and O–H groups in total. The number of likely N-dealkylation sites (N-methyl/N-ethyl adjacent to an activating group) is 1. The van der Waals surface area contributed by atoms with Crippen LogP contribution in [0.4, 0.5) is 0 Å². The van der Waals surface area contributed by atoms with Crippen LogP contribution in [0.1, 0.15) is 33.1 Å². The normalized spacial score (nSPS) is 31.7. The van der Waals surface area contributed by atoms with Crippen molar-refractivity contribution in [1.82, 2.24) is 15.5 Å². The highest BCUT2D eigenvalue weighted by molar-refractivity contribution is 7.91. The van der Waals surface area contributed by atoms with E-state index in [1.54, 1.807) is 0 Å². The molecule has 0 aromatic carbocycles. The summed E-state index contributed by atoms with van der Waals surface area (Å²) in [6.45, 7) is 6.96. The fraction of sp³-hybridized carbons (Fsp3) is 0.929. The van der Waals surface area contributed by atoms with Crippen molar-refractivity contribution >= 4 is 15.7 Å². The van der Waals surface area contributed by atoms with E-state index in [9.17, 15) is 13.2 Å². The van der Waals surface area contributed by atoms with E-state index in [-0.39, 0.29) is 17.4 Å². The van der Waals surface area contributed by atoms with E-state index in [2.05, 4.69) is 15.5 Å². The molecule has 2 saturated heterocycles. The fourth-order valence-electron chi connectivity index (χ4n) is 3.22. The standard InChI is InChI=1S/C14H27N3O3S/c1-3-17(9-12-5-4-7-15-12)10-13(18)16-14(2)6-8-21(19,20)11-14/h12,15H,3-11H2,1-2H3,(H,16,18). The lowest BCUT2D eigenvalue weighted by molar-refractivity contribution is -0.123. The van der Waals surface area contributed by atoms with Crippen molar-refractivity contribution < 1.29 is 13.2 Å². The predicted octanol–water partition coefficient (Wildman–Crippen LogP) is -0.246. The highest BCUT2D eigenvalue weighted by Crippen LogP contribution is 2.22. The third-order valence-corrected chi connectivity index (χ3v) is 6.30. The Bertz CT molecular complexity index is 474. The number of hydrogen-bond acceptors (Lipinski definition) is 5. The minimum atomic E-state index is -2.99. The lowest BCUT2D eigenvalue weighted by Crippen LogP contribution is -2.51. The first-order chi connectivity index (χ1) is 9.82. The van der Waals surface area contributed by atoms with Gasteiger partial charge in [0.15, 0.2) is 9.84 Å². The maximum atomic E-state index is 12.2. The van der Waals surface area contributed by atoms with Crippen LogP contribution in [-0.4, -0.2) is 68.5 Å². The summed E-state index contributed by atoms with van der Waals surface area (Å²) in [5, 5.41) is 6.35. The number of carbonyl (C=O) groups excluding carboxylic acids is 1. The number of amides is 1. The number of carbonyl (C=O) groups is 1. The zero-order chi connectivity index (χ0) is 15.5. The molecule has 2 fully saturated rings. The average molecular weight is 317 g/mol. The summed E-state index contributed by atoms with van der Waals surface area (Å²) in [6.07, 6.45) is 2.87. The second-order valence-electron chi connectivity index (χ2n) is 6.57. The van der Waals surface area contributed by atoms with Crippen LogP contribution in [0.15, 0.2) is 0 Å². The van der Waals surface area contributed by atoms with Gasteiger partial charge in [-0.1, -0.05) is 6.92 Å². The van der Waals surface area contributed by atoms with Gasteiger partial charge in [-0.05, 0) is 39.3 Å². The molecule has 2 heterocycles. The van der Waals surface area contributed by atoms with Crippen LogP contribution in [0.3, 0.4) is 0 Å². The van der Waals surface area contributed by atoms with Gasteiger partial charge in [0, 0.05) is 12.6 Å². The lowest BCUT2D eigenvalue weighted by atomic mass is 10.0. The average Bonchev–Trinajstić information content (AvgIpc) is 2.96. The van der Waals surface area contributed by atoms with Crippen LogP contribution in [0.25, 0.3) is 0 Å². The molecule has 2 rings (SSSR count). The van der Waals surface area contributed by atoms with Gasteiger partial charge in [-0.25, -0.2) is 8.42 Å². The Morgan fingerprint density at radius 3 is 2.76 bits per heavy atom. The molecule has 2 unspecified atom stereocenters. The van der Waals surface area contributed by atoms with Gasteiger partial charge in [0.1, 0.15) is 0 Å². The van der Waals surface area contributed by atoms with Gasteiger partial charge in [0.2, 0.25) is 5.91 Å². The van der Waals surface area contributed by atoms with Crippen LogP contribution in [0.2, 0.25) is 0 Å². The Labute approximate surface area is 127 Å². The van der Waals surface area contributed by atoms with E-state index in [1.165, 1.54) is 6.42 Å².